The highest BCUT2D eigenvalue weighted by atomic mass is 16.5. The number of nitrogens with zero attached hydrogens (tertiary/aromatic N) is 2. The van der Waals surface area contributed by atoms with Gasteiger partial charge in [0.1, 0.15) is 6.54 Å². The highest BCUT2D eigenvalue weighted by Crippen LogP contribution is 2.19. The summed E-state index contributed by atoms with van der Waals surface area (Å²) in [5, 5.41) is 2.89. The molecule has 0 radical (unpaired) electrons. The molecule has 0 bridgehead atoms. The maximum absolute atomic E-state index is 12.8. The molecule has 6 heteroatoms. The Hall–Kier alpha value is -2.86. The van der Waals surface area contributed by atoms with Crippen LogP contribution in [0.1, 0.15) is 36.2 Å². The van der Waals surface area contributed by atoms with Crippen LogP contribution in [0.2, 0.25) is 0 Å². The van der Waals surface area contributed by atoms with Crippen molar-refractivity contribution in [2.75, 3.05) is 49.6 Å². The Morgan fingerprint density at radius 2 is 1.67 bits per heavy atom. The monoisotopic (exact) mass is 409 g/mol. The van der Waals surface area contributed by atoms with E-state index in [0.29, 0.717) is 12.1 Å². The Kier molecular flexibility index (Phi) is 7.85. The van der Waals surface area contributed by atoms with Crippen molar-refractivity contribution in [3.05, 3.63) is 59.7 Å². The molecule has 1 heterocycles. The average molecular weight is 410 g/mol. The van der Waals surface area contributed by atoms with Crippen molar-refractivity contribution in [2.24, 2.45) is 0 Å². The minimum absolute atomic E-state index is 0.0251. The number of likely N-dealkylation sites (N-methyl/N-ethyl adjacent to an activating group) is 1. The van der Waals surface area contributed by atoms with Gasteiger partial charge in [0.2, 0.25) is 5.91 Å². The fourth-order valence-corrected chi connectivity index (χ4v) is 3.56. The molecule has 0 atom stereocenters. The van der Waals surface area contributed by atoms with Gasteiger partial charge >= 0.3 is 0 Å². The largest absolute Gasteiger partial charge is 0.378 e. The number of aryl methyl sites for hydroxylation is 1. The number of nitrogens with one attached hydrogen (secondary N) is 1. The number of hydrogen-bond acceptors (Lipinski definition) is 4. The van der Waals surface area contributed by atoms with Crippen molar-refractivity contribution < 1.29 is 14.3 Å². The van der Waals surface area contributed by atoms with Crippen LogP contribution in [0.15, 0.2) is 48.5 Å². The predicted octanol–water partition coefficient (Wildman–Crippen LogP) is 3.58. The zero-order chi connectivity index (χ0) is 21.3. The molecule has 1 aliphatic rings. The van der Waals surface area contributed by atoms with Gasteiger partial charge < -0.3 is 19.9 Å². The number of hydrogen-bond donors (Lipinski definition) is 1. The Labute approximate surface area is 178 Å². The van der Waals surface area contributed by atoms with E-state index in [-0.39, 0.29) is 18.4 Å². The summed E-state index contributed by atoms with van der Waals surface area (Å²) < 4.78 is 5.38. The van der Waals surface area contributed by atoms with Crippen molar-refractivity contribution in [3.8, 4) is 0 Å². The first kappa shape index (κ1) is 21.8. The van der Waals surface area contributed by atoms with Crippen molar-refractivity contribution >= 4 is 23.2 Å². The van der Waals surface area contributed by atoms with Gasteiger partial charge in [0.15, 0.2) is 0 Å². The van der Waals surface area contributed by atoms with Gasteiger partial charge in [0, 0.05) is 36.6 Å². The van der Waals surface area contributed by atoms with E-state index in [1.807, 2.05) is 55.5 Å². The molecule has 160 valence electrons. The van der Waals surface area contributed by atoms with E-state index in [1.54, 1.807) is 4.90 Å². The molecule has 1 aliphatic heterocycles. The van der Waals surface area contributed by atoms with Crippen LogP contribution in [0.5, 0.6) is 0 Å². The van der Waals surface area contributed by atoms with Crippen LogP contribution >= 0.6 is 0 Å². The van der Waals surface area contributed by atoms with Crippen LogP contribution < -0.4 is 10.2 Å². The summed E-state index contributed by atoms with van der Waals surface area (Å²) >= 11 is 0. The van der Waals surface area contributed by atoms with Gasteiger partial charge in [0.05, 0.1) is 13.2 Å². The number of ether oxygens (including phenoxy) is 1. The molecule has 2 aromatic carbocycles. The Bertz CT molecular complexity index is 828. The molecular weight excluding hydrogens is 378 g/mol. The number of carbonyl (C=O) groups is 2. The third-order valence-corrected chi connectivity index (χ3v) is 5.27. The van der Waals surface area contributed by atoms with Crippen LogP contribution in [0.3, 0.4) is 0 Å². The van der Waals surface area contributed by atoms with Gasteiger partial charge in [-0.2, -0.15) is 0 Å². The molecule has 0 aliphatic carbocycles. The molecule has 1 saturated heterocycles. The van der Waals surface area contributed by atoms with Crippen LogP contribution in [0, 0.1) is 0 Å². The second kappa shape index (κ2) is 10.8. The summed E-state index contributed by atoms with van der Waals surface area (Å²) in [5.74, 6) is -0.328. The Balaban J connectivity index is 1.56. The lowest BCUT2D eigenvalue weighted by Gasteiger charge is -2.29. The van der Waals surface area contributed by atoms with E-state index in [2.05, 4.69) is 17.1 Å². The fourth-order valence-electron chi connectivity index (χ4n) is 3.56. The number of rotatable bonds is 8. The van der Waals surface area contributed by atoms with Gasteiger partial charge in [-0.3, -0.25) is 9.59 Å². The predicted molar refractivity (Wildman–Crippen MR) is 120 cm³/mol. The van der Waals surface area contributed by atoms with Gasteiger partial charge in [0.25, 0.3) is 5.91 Å². The second-order valence-electron chi connectivity index (χ2n) is 7.46. The quantitative estimate of drug-likeness (QED) is 0.724. The molecule has 0 spiro atoms. The lowest BCUT2D eigenvalue weighted by Crippen LogP contribution is -2.38. The molecule has 2 amide bonds. The summed E-state index contributed by atoms with van der Waals surface area (Å²) in [6.07, 6.45) is 2.07. The van der Waals surface area contributed by atoms with E-state index in [1.165, 1.54) is 5.56 Å². The van der Waals surface area contributed by atoms with E-state index >= 15 is 0 Å². The molecule has 6 nitrogen and oxygen atoms in total. The average Bonchev–Trinajstić information content (AvgIpc) is 2.79. The van der Waals surface area contributed by atoms with Crippen LogP contribution in [-0.4, -0.2) is 56.1 Å². The Morgan fingerprint density at radius 1 is 1.00 bits per heavy atom. The SMILES string of the molecule is CCCc1ccc(C(=O)N(CC)CC(=O)Nc2ccc(N3CCOCC3)cc2)cc1. The smallest absolute Gasteiger partial charge is 0.254 e. The lowest BCUT2D eigenvalue weighted by atomic mass is 10.1. The second-order valence-corrected chi connectivity index (χ2v) is 7.46. The van der Waals surface area contributed by atoms with Gasteiger partial charge in [-0.05, 0) is 55.3 Å². The van der Waals surface area contributed by atoms with E-state index in [4.69, 9.17) is 4.74 Å². The number of benzene rings is 2. The molecular formula is C24H31N3O3. The van der Waals surface area contributed by atoms with Crippen LogP contribution in [0.25, 0.3) is 0 Å². The van der Waals surface area contributed by atoms with E-state index < -0.39 is 0 Å². The fraction of sp³-hybridized carbons (Fsp3) is 0.417. The molecule has 30 heavy (non-hydrogen) atoms. The van der Waals surface area contributed by atoms with Crippen molar-refractivity contribution in [3.63, 3.8) is 0 Å². The molecule has 0 unspecified atom stereocenters. The van der Waals surface area contributed by atoms with Crippen LogP contribution in [-0.2, 0) is 16.0 Å². The third kappa shape index (κ3) is 5.83. The van der Waals surface area contributed by atoms with Crippen molar-refractivity contribution in [2.45, 2.75) is 26.7 Å². The summed E-state index contributed by atoms with van der Waals surface area (Å²) in [5.41, 5.74) is 3.67. The Morgan fingerprint density at radius 3 is 2.27 bits per heavy atom. The first-order valence-corrected chi connectivity index (χ1v) is 10.7. The first-order valence-electron chi connectivity index (χ1n) is 10.7. The molecule has 1 fully saturated rings. The van der Waals surface area contributed by atoms with E-state index in [9.17, 15) is 9.59 Å². The summed E-state index contributed by atoms with van der Waals surface area (Å²) in [6, 6.07) is 15.5. The standard InChI is InChI=1S/C24H31N3O3/c1-3-5-19-6-8-20(9-7-19)24(29)26(4-2)18-23(28)25-21-10-12-22(13-11-21)27-14-16-30-17-15-27/h6-13H,3-5,14-18H2,1-2H3,(H,25,28). The molecule has 0 aromatic heterocycles. The lowest BCUT2D eigenvalue weighted by molar-refractivity contribution is -0.116. The van der Waals surface area contributed by atoms with Crippen molar-refractivity contribution in [1.29, 1.82) is 0 Å². The number of carbonyl (C=O) groups excluding carboxylic acids is 2. The summed E-state index contributed by atoms with van der Waals surface area (Å²) in [4.78, 5) is 29.1. The van der Waals surface area contributed by atoms with Crippen LogP contribution in [0.4, 0.5) is 11.4 Å². The summed E-state index contributed by atoms with van der Waals surface area (Å²) in [7, 11) is 0. The van der Waals surface area contributed by atoms with Gasteiger partial charge in [-0.15, -0.1) is 0 Å². The first-order chi connectivity index (χ1) is 14.6. The van der Waals surface area contributed by atoms with Gasteiger partial charge in [-0.1, -0.05) is 25.5 Å². The number of morpholine rings is 1. The van der Waals surface area contributed by atoms with Gasteiger partial charge in [-0.25, -0.2) is 0 Å². The topological polar surface area (TPSA) is 61.9 Å². The normalized spacial score (nSPS) is 13.7. The zero-order valence-electron chi connectivity index (χ0n) is 17.9. The minimum Gasteiger partial charge on any atom is -0.378 e. The molecule has 1 N–H and O–H groups in total. The highest BCUT2D eigenvalue weighted by molar-refractivity contribution is 5.99. The maximum Gasteiger partial charge on any atom is 0.254 e. The maximum atomic E-state index is 12.8. The highest BCUT2D eigenvalue weighted by Gasteiger charge is 2.18. The van der Waals surface area contributed by atoms with Crippen molar-refractivity contribution in [1.82, 2.24) is 4.90 Å². The van der Waals surface area contributed by atoms with E-state index in [0.717, 1.165) is 50.5 Å². The number of anilines is 2. The zero-order valence-corrected chi connectivity index (χ0v) is 17.9. The minimum atomic E-state index is -0.202. The third-order valence-electron chi connectivity index (χ3n) is 5.27. The summed E-state index contributed by atoms with van der Waals surface area (Å²) in [6.45, 7) is 7.73. The molecule has 0 saturated carbocycles. The molecule has 2 aromatic rings. The molecule has 3 rings (SSSR count). The number of amides is 2.